The van der Waals surface area contributed by atoms with Gasteiger partial charge in [-0.05, 0) is 0 Å². The first-order valence-electron chi connectivity index (χ1n) is 3.62. The third-order valence-electron chi connectivity index (χ3n) is 1.59. The molecule has 0 bridgehead atoms. The van der Waals surface area contributed by atoms with Crippen molar-refractivity contribution in [3.8, 4) is 0 Å². The van der Waals surface area contributed by atoms with Crippen LogP contribution < -0.4 is 4.90 Å². The van der Waals surface area contributed by atoms with Gasteiger partial charge in [-0.25, -0.2) is 0 Å². The van der Waals surface area contributed by atoms with Crippen LogP contribution in [0.5, 0.6) is 0 Å². The number of nitrogens with zero attached hydrogens (tertiary/aromatic N) is 1. The van der Waals surface area contributed by atoms with Gasteiger partial charge < -0.3 is 0 Å². The number of hydrogen-bond acceptors (Lipinski definition) is 2. The Morgan fingerprint density at radius 3 is 2.42 bits per heavy atom. The molecule has 64 valence electrons. The molecule has 0 spiro atoms. The molecule has 0 aliphatic heterocycles. The molecule has 2 nitrogen and oxygen atoms in total. The average molecular weight is 228 g/mol. The van der Waals surface area contributed by atoms with Crippen molar-refractivity contribution in [3.63, 3.8) is 0 Å². The van der Waals surface area contributed by atoms with E-state index in [1.54, 1.807) is 7.11 Å². The topological polar surface area (TPSA) is 12.5 Å². The number of anilines is 1. The Kier molecular flexibility index (Phi) is 3.32. The Bertz CT molecular complexity index is 260. The van der Waals surface area contributed by atoms with E-state index in [4.69, 9.17) is 4.74 Å². The van der Waals surface area contributed by atoms with Crippen molar-refractivity contribution in [2.24, 2.45) is 0 Å². The van der Waals surface area contributed by atoms with Crippen molar-refractivity contribution in [1.29, 1.82) is 0 Å². The van der Waals surface area contributed by atoms with Gasteiger partial charge in [-0.2, -0.15) is 0 Å². The van der Waals surface area contributed by atoms with Crippen LogP contribution in [-0.2, 0) is 4.74 Å². The summed E-state index contributed by atoms with van der Waals surface area (Å²) in [5.41, 5.74) is 1.10. The van der Waals surface area contributed by atoms with Crippen LogP contribution in [-0.4, -0.2) is 34.5 Å². The molecule has 1 aromatic rings. The molecule has 0 amide bonds. The Hall–Kier alpha value is -0.791. The molecule has 0 fully saturated rings. The fraction of sp³-hybridized carbons (Fsp3) is 0.222. The number of benzene rings is 1. The standard InChI is InChI=1S/C9H11NOSe/c1-10(9(12)11-2)8-6-4-3-5-7-8/h3-7H,1-2H3. The number of hydrogen-bond donors (Lipinski definition) is 0. The fourth-order valence-corrected chi connectivity index (χ4v) is 1.12. The Morgan fingerprint density at radius 2 is 1.92 bits per heavy atom. The quantitative estimate of drug-likeness (QED) is 0.716. The number of rotatable bonds is 3. The number of methoxy groups -OCH3 is 1. The van der Waals surface area contributed by atoms with Crippen LogP contribution in [0, 0.1) is 0 Å². The van der Waals surface area contributed by atoms with Gasteiger partial charge in [0.2, 0.25) is 0 Å². The first kappa shape index (κ1) is 9.30. The van der Waals surface area contributed by atoms with Crippen molar-refractivity contribution in [3.05, 3.63) is 30.3 Å². The summed E-state index contributed by atoms with van der Waals surface area (Å²) in [4.78, 5) is 1.94. The minimum atomic E-state index is 0.765. The normalized spacial score (nSPS) is 9.17. The number of para-hydroxylation sites is 1. The van der Waals surface area contributed by atoms with E-state index in [1.807, 2.05) is 42.3 Å². The summed E-state index contributed by atoms with van der Waals surface area (Å²) in [6.45, 7) is 0. The summed E-state index contributed by atoms with van der Waals surface area (Å²) in [5.74, 6) is 0. The van der Waals surface area contributed by atoms with Crippen LogP contribution in [0.3, 0.4) is 0 Å². The molecule has 0 heterocycles. The van der Waals surface area contributed by atoms with Crippen LogP contribution in [0.1, 0.15) is 0 Å². The molecule has 0 N–H and O–H groups in total. The van der Waals surface area contributed by atoms with Gasteiger partial charge in [-0.15, -0.1) is 0 Å². The summed E-state index contributed by atoms with van der Waals surface area (Å²) in [5, 5.41) is 0. The second-order valence-corrected chi connectivity index (χ2v) is 3.10. The van der Waals surface area contributed by atoms with Gasteiger partial charge in [0, 0.05) is 0 Å². The molecule has 0 radical (unpaired) electrons. The zero-order chi connectivity index (χ0) is 8.97. The monoisotopic (exact) mass is 229 g/mol. The predicted octanol–water partition coefficient (Wildman–Crippen LogP) is 1.03. The number of ether oxygens (including phenoxy) is 1. The molecular formula is C9H11NOSe. The average Bonchev–Trinajstić information content (AvgIpc) is 2.17. The summed E-state index contributed by atoms with van der Waals surface area (Å²) in [7, 11) is 3.59. The Morgan fingerprint density at radius 1 is 1.33 bits per heavy atom. The van der Waals surface area contributed by atoms with E-state index in [0.29, 0.717) is 0 Å². The predicted molar refractivity (Wildman–Crippen MR) is 52.6 cm³/mol. The van der Waals surface area contributed by atoms with E-state index in [2.05, 4.69) is 15.6 Å². The van der Waals surface area contributed by atoms with Gasteiger partial charge in [0.1, 0.15) is 0 Å². The Balaban J connectivity index is 2.78. The van der Waals surface area contributed by atoms with Gasteiger partial charge in [-0.3, -0.25) is 0 Å². The van der Waals surface area contributed by atoms with Crippen molar-refractivity contribution >= 4 is 26.0 Å². The van der Waals surface area contributed by atoms with Crippen LogP contribution in [0.15, 0.2) is 30.3 Å². The van der Waals surface area contributed by atoms with Gasteiger partial charge in [0.15, 0.2) is 0 Å². The van der Waals surface area contributed by atoms with E-state index < -0.39 is 0 Å². The first-order chi connectivity index (χ1) is 5.75. The van der Waals surface area contributed by atoms with Crippen LogP contribution in [0.2, 0.25) is 0 Å². The van der Waals surface area contributed by atoms with E-state index in [-0.39, 0.29) is 0 Å². The van der Waals surface area contributed by atoms with Crippen LogP contribution >= 0.6 is 0 Å². The molecule has 12 heavy (non-hydrogen) atoms. The second-order valence-electron chi connectivity index (χ2n) is 2.36. The third-order valence-corrected chi connectivity index (χ3v) is 2.52. The summed E-state index contributed by atoms with van der Waals surface area (Å²) >= 11 is 2.85. The van der Waals surface area contributed by atoms with E-state index >= 15 is 0 Å². The molecule has 1 aromatic carbocycles. The summed E-state index contributed by atoms with van der Waals surface area (Å²) in [6, 6.07) is 10.0. The maximum atomic E-state index is 5.05. The summed E-state index contributed by atoms with van der Waals surface area (Å²) < 4.78 is 5.82. The van der Waals surface area contributed by atoms with Gasteiger partial charge in [0.05, 0.1) is 0 Å². The SMILES string of the molecule is COC(=[Se])N(C)c1ccccc1. The zero-order valence-electron chi connectivity index (χ0n) is 7.15. The molecular weight excluding hydrogens is 217 g/mol. The van der Waals surface area contributed by atoms with Gasteiger partial charge in [-0.1, -0.05) is 0 Å². The van der Waals surface area contributed by atoms with Crippen molar-refractivity contribution in [1.82, 2.24) is 0 Å². The second kappa shape index (κ2) is 4.29. The Labute approximate surface area is 80.5 Å². The molecule has 0 saturated heterocycles. The minimum absolute atomic E-state index is 0.765. The van der Waals surface area contributed by atoms with Gasteiger partial charge >= 0.3 is 80.1 Å². The van der Waals surface area contributed by atoms with Crippen LogP contribution in [0.25, 0.3) is 0 Å². The molecule has 0 aromatic heterocycles. The maximum absolute atomic E-state index is 5.05. The molecule has 0 unspecified atom stereocenters. The molecule has 3 heteroatoms. The van der Waals surface area contributed by atoms with Crippen LogP contribution in [0.4, 0.5) is 5.69 Å². The van der Waals surface area contributed by atoms with E-state index in [9.17, 15) is 0 Å². The first-order valence-corrected chi connectivity index (χ1v) is 4.48. The molecule has 0 saturated carbocycles. The van der Waals surface area contributed by atoms with Crippen molar-refractivity contribution in [2.45, 2.75) is 0 Å². The van der Waals surface area contributed by atoms with E-state index in [0.717, 1.165) is 10.4 Å². The zero-order valence-corrected chi connectivity index (χ0v) is 8.86. The molecule has 1 rings (SSSR count). The third kappa shape index (κ3) is 2.10. The molecule has 0 atom stereocenters. The van der Waals surface area contributed by atoms with Crippen molar-refractivity contribution < 1.29 is 4.74 Å². The van der Waals surface area contributed by atoms with E-state index in [1.165, 1.54) is 0 Å². The van der Waals surface area contributed by atoms with Gasteiger partial charge in [0.25, 0.3) is 0 Å². The molecule has 0 aliphatic rings. The van der Waals surface area contributed by atoms with Crippen molar-refractivity contribution in [2.75, 3.05) is 19.1 Å². The molecule has 0 aliphatic carbocycles. The summed E-state index contributed by atoms with van der Waals surface area (Å²) in [6.07, 6.45) is 0. The fourth-order valence-electron chi connectivity index (χ4n) is 0.894.